The number of thiazole rings is 1. The number of tetrazole rings is 1. The van der Waals surface area contributed by atoms with E-state index in [1.807, 2.05) is 35.7 Å². The molecular weight excluding hydrogens is 368 g/mol. The molecule has 1 aromatic carbocycles. The molecule has 26 heavy (non-hydrogen) atoms. The number of benzene rings is 1. The van der Waals surface area contributed by atoms with Gasteiger partial charge in [0.25, 0.3) is 0 Å². The summed E-state index contributed by atoms with van der Waals surface area (Å²) in [5.74, 6) is 1.52. The molecule has 1 N–H and O–H groups in total. The van der Waals surface area contributed by atoms with Crippen LogP contribution >= 0.6 is 23.1 Å². The lowest BCUT2D eigenvalue weighted by Gasteiger charge is -2.05. The summed E-state index contributed by atoms with van der Waals surface area (Å²) in [7, 11) is 0. The zero-order chi connectivity index (χ0) is 17.8. The smallest absolute Gasteiger partial charge is 0.210 e. The number of thioether (sulfide) groups is 1. The van der Waals surface area contributed by atoms with Gasteiger partial charge in [-0.3, -0.25) is 0 Å². The Balaban J connectivity index is 1.38. The number of para-hydroxylation sites is 1. The first kappa shape index (κ1) is 16.8. The van der Waals surface area contributed by atoms with E-state index in [4.69, 9.17) is 4.42 Å². The van der Waals surface area contributed by atoms with Gasteiger partial charge in [-0.1, -0.05) is 30.0 Å². The Morgan fingerprint density at radius 3 is 3.00 bits per heavy atom. The number of rotatable bonds is 7. The topological polar surface area (TPSA) is 81.7 Å². The second-order valence-corrected chi connectivity index (χ2v) is 7.37. The summed E-state index contributed by atoms with van der Waals surface area (Å²) in [5.41, 5.74) is 3.25. The fraction of sp³-hybridized carbons (Fsp3) is 0.176. The van der Waals surface area contributed by atoms with Gasteiger partial charge < -0.3 is 9.73 Å². The van der Waals surface area contributed by atoms with Crippen molar-refractivity contribution in [1.82, 2.24) is 25.2 Å². The van der Waals surface area contributed by atoms with Crippen LogP contribution in [-0.4, -0.2) is 25.2 Å². The second kappa shape index (κ2) is 7.71. The van der Waals surface area contributed by atoms with Crippen molar-refractivity contribution in [3.8, 4) is 0 Å². The van der Waals surface area contributed by atoms with E-state index in [2.05, 4.69) is 38.8 Å². The first-order valence-corrected chi connectivity index (χ1v) is 9.83. The molecule has 4 rings (SSSR count). The summed E-state index contributed by atoms with van der Waals surface area (Å²) in [6, 6.07) is 11.9. The zero-order valence-electron chi connectivity index (χ0n) is 14.0. The van der Waals surface area contributed by atoms with Crippen LogP contribution in [0.15, 0.2) is 57.6 Å². The summed E-state index contributed by atoms with van der Waals surface area (Å²) in [5, 5.41) is 18.9. The Bertz CT molecular complexity index is 979. The van der Waals surface area contributed by atoms with Crippen molar-refractivity contribution in [2.45, 2.75) is 24.4 Å². The number of nitrogens with one attached hydrogen (secondary N) is 1. The number of aryl methyl sites for hydroxylation is 1. The van der Waals surface area contributed by atoms with E-state index in [9.17, 15) is 0 Å². The molecule has 0 radical (unpaired) electrons. The van der Waals surface area contributed by atoms with Crippen LogP contribution in [0, 0.1) is 6.92 Å². The minimum Gasteiger partial charge on any atom is -0.467 e. The maximum Gasteiger partial charge on any atom is 0.210 e. The largest absolute Gasteiger partial charge is 0.467 e. The van der Waals surface area contributed by atoms with Gasteiger partial charge in [0.05, 0.1) is 12.0 Å². The molecule has 132 valence electrons. The van der Waals surface area contributed by atoms with E-state index in [1.54, 1.807) is 34.0 Å². The molecule has 9 heteroatoms. The minimum atomic E-state index is 0.513. The molecule has 0 spiro atoms. The number of aromatic nitrogens is 5. The standard InChI is InChI=1S/C17H16N6OS2/c1-12-5-2-3-7-15(12)19-16-18-13(10-25-16)11-26-17-20-21-22-23(17)9-14-6-4-8-24-14/h2-8,10H,9,11H2,1H3,(H,18,19). The average Bonchev–Trinajstić information content (AvgIpc) is 3.38. The number of hydrogen-bond donors (Lipinski definition) is 1. The van der Waals surface area contributed by atoms with Crippen LogP contribution in [0.25, 0.3) is 0 Å². The number of hydrogen-bond acceptors (Lipinski definition) is 8. The third kappa shape index (κ3) is 3.94. The Kier molecular flexibility index (Phi) is 4.98. The molecule has 0 saturated carbocycles. The number of nitrogens with zero attached hydrogens (tertiary/aromatic N) is 5. The normalized spacial score (nSPS) is 11.0. The van der Waals surface area contributed by atoms with Crippen molar-refractivity contribution in [2.24, 2.45) is 0 Å². The molecule has 0 atom stereocenters. The molecule has 4 aromatic rings. The van der Waals surface area contributed by atoms with E-state index in [-0.39, 0.29) is 0 Å². The van der Waals surface area contributed by atoms with E-state index in [0.29, 0.717) is 12.3 Å². The predicted octanol–water partition coefficient (Wildman–Crippen LogP) is 4.12. The van der Waals surface area contributed by atoms with Gasteiger partial charge in [0.15, 0.2) is 5.13 Å². The van der Waals surface area contributed by atoms with Crippen molar-refractivity contribution in [1.29, 1.82) is 0 Å². The van der Waals surface area contributed by atoms with Gasteiger partial charge in [0.1, 0.15) is 12.3 Å². The van der Waals surface area contributed by atoms with Crippen molar-refractivity contribution in [3.63, 3.8) is 0 Å². The van der Waals surface area contributed by atoms with E-state index >= 15 is 0 Å². The molecule has 0 unspecified atom stereocenters. The van der Waals surface area contributed by atoms with Crippen LogP contribution in [0.4, 0.5) is 10.8 Å². The quantitative estimate of drug-likeness (QED) is 0.480. The first-order valence-electron chi connectivity index (χ1n) is 7.96. The van der Waals surface area contributed by atoms with Gasteiger partial charge in [0, 0.05) is 16.8 Å². The van der Waals surface area contributed by atoms with Crippen molar-refractivity contribution in [3.05, 3.63) is 65.1 Å². The molecule has 0 aliphatic rings. The zero-order valence-corrected chi connectivity index (χ0v) is 15.6. The maximum absolute atomic E-state index is 5.35. The molecule has 3 heterocycles. The Morgan fingerprint density at radius 1 is 1.23 bits per heavy atom. The second-order valence-electron chi connectivity index (χ2n) is 5.57. The Hall–Kier alpha value is -2.65. The molecule has 0 fully saturated rings. The van der Waals surface area contributed by atoms with Crippen molar-refractivity contribution in [2.75, 3.05) is 5.32 Å². The van der Waals surface area contributed by atoms with Crippen LogP contribution in [0.3, 0.4) is 0 Å². The predicted molar refractivity (Wildman–Crippen MR) is 102 cm³/mol. The van der Waals surface area contributed by atoms with Crippen molar-refractivity contribution >= 4 is 33.9 Å². The minimum absolute atomic E-state index is 0.513. The molecule has 0 aliphatic carbocycles. The van der Waals surface area contributed by atoms with Crippen LogP contribution in [0.1, 0.15) is 17.0 Å². The van der Waals surface area contributed by atoms with Gasteiger partial charge in [0.2, 0.25) is 5.16 Å². The Morgan fingerprint density at radius 2 is 2.15 bits per heavy atom. The maximum atomic E-state index is 5.35. The molecule has 0 saturated heterocycles. The summed E-state index contributed by atoms with van der Waals surface area (Å²) < 4.78 is 7.07. The molecule has 0 aliphatic heterocycles. The van der Waals surface area contributed by atoms with Crippen LogP contribution in [-0.2, 0) is 12.3 Å². The third-order valence-electron chi connectivity index (χ3n) is 3.67. The van der Waals surface area contributed by atoms with E-state index in [1.165, 1.54) is 5.56 Å². The first-order chi connectivity index (χ1) is 12.8. The molecule has 3 aromatic heterocycles. The lowest BCUT2D eigenvalue weighted by Crippen LogP contribution is -2.03. The van der Waals surface area contributed by atoms with Gasteiger partial charge in [-0.25, -0.2) is 9.67 Å². The highest BCUT2D eigenvalue weighted by molar-refractivity contribution is 7.98. The lowest BCUT2D eigenvalue weighted by molar-refractivity contribution is 0.462. The highest BCUT2D eigenvalue weighted by Gasteiger charge is 2.11. The molecule has 7 nitrogen and oxygen atoms in total. The van der Waals surface area contributed by atoms with Gasteiger partial charge in [-0.15, -0.1) is 16.4 Å². The lowest BCUT2D eigenvalue weighted by atomic mass is 10.2. The van der Waals surface area contributed by atoms with E-state index < -0.39 is 0 Å². The third-order valence-corrected chi connectivity index (χ3v) is 5.47. The van der Waals surface area contributed by atoms with Gasteiger partial charge in [-0.2, -0.15) is 0 Å². The summed E-state index contributed by atoms with van der Waals surface area (Å²) >= 11 is 3.14. The molecular formula is C17H16N6OS2. The van der Waals surface area contributed by atoms with Crippen LogP contribution in [0.5, 0.6) is 0 Å². The van der Waals surface area contributed by atoms with Gasteiger partial charge in [-0.05, 0) is 41.1 Å². The fourth-order valence-electron chi connectivity index (χ4n) is 2.35. The number of anilines is 2. The average molecular weight is 384 g/mol. The highest BCUT2D eigenvalue weighted by Crippen LogP contribution is 2.26. The molecule has 0 amide bonds. The Labute approximate surface area is 158 Å². The summed E-state index contributed by atoms with van der Waals surface area (Å²) in [4.78, 5) is 4.64. The van der Waals surface area contributed by atoms with Crippen molar-refractivity contribution < 1.29 is 4.42 Å². The van der Waals surface area contributed by atoms with Crippen LogP contribution < -0.4 is 5.32 Å². The monoisotopic (exact) mass is 384 g/mol. The van der Waals surface area contributed by atoms with E-state index in [0.717, 1.165) is 27.4 Å². The number of furan rings is 1. The SMILES string of the molecule is Cc1ccccc1Nc1nc(CSc2nnnn2Cc2ccco2)cs1. The highest BCUT2D eigenvalue weighted by atomic mass is 32.2. The fourth-order valence-corrected chi connectivity index (χ4v) is 3.94. The summed E-state index contributed by atoms with van der Waals surface area (Å²) in [6.45, 7) is 2.59. The van der Waals surface area contributed by atoms with Crippen LogP contribution in [0.2, 0.25) is 0 Å². The summed E-state index contributed by atoms with van der Waals surface area (Å²) in [6.07, 6.45) is 1.64. The molecule has 0 bridgehead atoms. The van der Waals surface area contributed by atoms with Gasteiger partial charge >= 0.3 is 0 Å².